The first-order chi connectivity index (χ1) is 16.3. The number of amides is 1. The third-order valence-corrected chi connectivity index (χ3v) is 7.82. The van der Waals surface area contributed by atoms with Crippen molar-refractivity contribution < 1.29 is 22.7 Å². The highest BCUT2D eigenvalue weighted by atomic mass is 35.5. The summed E-state index contributed by atoms with van der Waals surface area (Å²) in [6.45, 7) is 2.07. The average molecular weight is 499 g/mol. The zero-order chi connectivity index (χ0) is 24.3. The summed E-state index contributed by atoms with van der Waals surface area (Å²) in [6, 6.07) is 18.8. The van der Waals surface area contributed by atoms with Crippen LogP contribution in [0.25, 0.3) is 0 Å². The zero-order valence-corrected chi connectivity index (χ0v) is 20.0. The lowest BCUT2D eigenvalue weighted by molar-refractivity contribution is -0.124. The molecule has 0 spiro atoms. The van der Waals surface area contributed by atoms with E-state index in [1.165, 1.54) is 22.5 Å². The number of rotatable bonds is 7. The van der Waals surface area contributed by atoms with E-state index in [4.69, 9.17) is 16.3 Å². The van der Waals surface area contributed by atoms with Gasteiger partial charge in [0.2, 0.25) is 0 Å². The van der Waals surface area contributed by atoms with E-state index in [1.54, 1.807) is 12.1 Å². The van der Waals surface area contributed by atoms with E-state index in [-0.39, 0.29) is 22.0 Å². The number of fused-ring (bicyclic) bond motifs is 1. The van der Waals surface area contributed by atoms with Crippen LogP contribution in [0.5, 0.6) is 0 Å². The first-order valence-corrected chi connectivity index (χ1v) is 12.5. The van der Waals surface area contributed by atoms with Crippen molar-refractivity contribution in [2.75, 3.05) is 17.5 Å². The van der Waals surface area contributed by atoms with E-state index < -0.39 is 28.5 Å². The summed E-state index contributed by atoms with van der Waals surface area (Å²) < 4.78 is 33.0. The van der Waals surface area contributed by atoms with Crippen LogP contribution >= 0.6 is 11.6 Å². The quantitative estimate of drug-likeness (QED) is 0.499. The van der Waals surface area contributed by atoms with E-state index in [0.717, 1.165) is 16.7 Å². The molecule has 0 fully saturated rings. The van der Waals surface area contributed by atoms with Gasteiger partial charge in [0.15, 0.2) is 6.61 Å². The molecule has 4 rings (SSSR count). The van der Waals surface area contributed by atoms with Crippen LogP contribution in [-0.4, -0.2) is 33.4 Å². The molecule has 34 heavy (non-hydrogen) atoms. The van der Waals surface area contributed by atoms with Crippen LogP contribution in [0.2, 0.25) is 5.02 Å². The van der Waals surface area contributed by atoms with Gasteiger partial charge < -0.3 is 10.1 Å². The second kappa shape index (κ2) is 9.87. The first-order valence-electron chi connectivity index (χ1n) is 10.7. The molecule has 0 radical (unpaired) electrons. The van der Waals surface area contributed by atoms with Crippen LogP contribution in [0.15, 0.2) is 71.6 Å². The number of esters is 1. The maximum Gasteiger partial charge on any atom is 0.338 e. The minimum atomic E-state index is -4.00. The van der Waals surface area contributed by atoms with Gasteiger partial charge in [-0.05, 0) is 48.7 Å². The van der Waals surface area contributed by atoms with Crippen LogP contribution < -0.4 is 9.62 Å². The number of ether oxygens (including phenoxy) is 1. The predicted molar refractivity (Wildman–Crippen MR) is 129 cm³/mol. The molecule has 0 aromatic heterocycles. The molecule has 1 aliphatic heterocycles. The molecule has 0 saturated carbocycles. The minimum Gasteiger partial charge on any atom is -0.452 e. The Morgan fingerprint density at radius 1 is 1.06 bits per heavy atom. The summed E-state index contributed by atoms with van der Waals surface area (Å²) in [7, 11) is -4.00. The summed E-state index contributed by atoms with van der Waals surface area (Å²) in [5.41, 5.74) is 3.54. The van der Waals surface area contributed by atoms with E-state index >= 15 is 0 Å². The fourth-order valence-corrected chi connectivity index (χ4v) is 5.68. The van der Waals surface area contributed by atoms with Crippen molar-refractivity contribution in [1.82, 2.24) is 5.32 Å². The van der Waals surface area contributed by atoms with E-state index in [2.05, 4.69) is 5.32 Å². The first kappa shape index (κ1) is 23.8. The highest BCUT2D eigenvalue weighted by Gasteiger charge is 2.32. The largest absolute Gasteiger partial charge is 0.452 e. The molecule has 3 aromatic carbocycles. The number of carbonyl (C=O) groups is 2. The molecule has 3 aromatic rings. The number of nitrogens with one attached hydrogen (secondary N) is 1. The van der Waals surface area contributed by atoms with Gasteiger partial charge in [-0.25, -0.2) is 13.2 Å². The maximum absolute atomic E-state index is 13.3. The topological polar surface area (TPSA) is 92.8 Å². The molecular formula is C25H23ClN2O5S. The maximum atomic E-state index is 13.3. The molecule has 1 heterocycles. The molecule has 7 nitrogen and oxygen atoms in total. The van der Waals surface area contributed by atoms with Crippen molar-refractivity contribution in [2.24, 2.45) is 0 Å². The normalized spacial score (nSPS) is 12.8. The van der Waals surface area contributed by atoms with E-state index in [0.29, 0.717) is 18.7 Å². The number of carbonyl (C=O) groups excluding carboxylic acids is 2. The molecule has 1 N–H and O–H groups in total. The number of para-hydroxylation sites is 1. The predicted octanol–water partition coefficient (Wildman–Crippen LogP) is 3.87. The fourth-order valence-electron chi connectivity index (χ4n) is 3.68. The Morgan fingerprint density at radius 2 is 1.79 bits per heavy atom. The van der Waals surface area contributed by atoms with Crippen LogP contribution in [0.1, 0.15) is 27.0 Å². The van der Waals surface area contributed by atoms with Gasteiger partial charge in [0.05, 0.1) is 16.3 Å². The Morgan fingerprint density at radius 3 is 2.56 bits per heavy atom. The van der Waals surface area contributed by atoms with Crippen molar-refractivity contribution in [1.29, 1.82) is 0 Å². The molecule has 176 valence electrons. The van der Waals surface area contributed by atoms with Crippen molar-refractivity contribution in [2.45, 2.75) is 24.8 Å². The fraction of sp³-hybridized carbons (Fsp3) is 0.200. The summed E-state index contributed by atoms with van der Waals surface area (Å²) in [5, 5.41) is 2.67. The zero-order valence-electron chi connectivity index (χ0n) is 18.5. The summed E-state index contributed by atoms with van der Waals surface area (Å²) in [4.78, 5) is 24.4. The number of anilines is 1. The molecular weight excluding hydrogens is 476 g/mol. The number of aryl methyl sites for hydroxylation is 1. The summed E-state index contributed by atoms with van der Waals surface area (Å²) >= 11 is 6.21. The molecule has 0 atom stereocenters. The SMILES string of the molecule is Cc1ccc(CNC(=O)COC(=O)c2ccc(Cl)c(S(=O)(=O)N3CCc4ccccc43)c2)cc1. The van der Waals surface area contributed by atoms with Crippen molar-refractivity contribution in [3.8, 4) is 0 Å². The second-order valence-corrected chi connectivity index (χ2v) is 10.2. The summed E-state index contributed by atoms with van der Waals surface area (Å²) in [5.74, 6) is -1.29. The number of halogens is 1. The monoisotopic (exact) mass is 498 g/mol. The standard InChI is InChI=1S/C25H23ClN2O5S/c1-17-6-8-18(9-7-17)15-27-24(29)16-33-25(30)20-10-11-21(26)23(14-20)34(31,32)28-13-12-19-4-2-3-5-22(19)28/h2-11,14H,12-13,15-16H2,1H3,(H,27,29). The van der Waals surface area contributed by atoms with Gasteiger partial charge in [-0.3, -0.25) is 9.10 Å². The third kappa shape index (κ3) is 5.08. The third-order valence-electron chi connectivity index (χ3n) is 5.52. The molecule has 1 amide bonds. The lowest BCUT2D eigenvalue weighted by Crippen LogP contribution is -2.30. The second-order valence-electron chi connectivity index (χ2n) is 7.94. The Hall–Kier alpha value is -3.36. The molecule has 0 unspecified atom stereocenters. The number of benzene rings is 3. The molecule has 9 heteroatoms. The highest BCUT2D eigenvalue weighted by molar-refractivity contribution is 7.93. The number of hydrogen-bond donors (Lipinski definition) is 1. The highest BCUT2D eigenvalue weighted by Crippen LogP contribution is 2.35. The van der Waals surface area contributed by atoms with Gasteiger partial charge in [-0.15, -0.1) is 0 Å². The Bertz CT molecular complexity index is 1340. The van der Waals surface area contributed by atoms with Crippen LogP contribution in [0.4, 0.5) is 5.69 Å². The number of sulfonamides is 1. The van der Waals surface area contributed by atoms with Crippen LogP contribution in [0.3, 0.4) is 0 Å². The minimum absolute atomic E-state index is 0.00299. The van der Waals surface area contributed by atoms with Crippen LogP contribution in [0, 0.1) is 6.92 Å². The molecule has 0 saturated heterocycles. The van der Waals surface area contributed by atoms with Crippen molar-refractivity contribution in [3.63, 3.8) is 0 Å². The van der Waals surface area contributed by atoms with Crippen molar-refractivity contribution in [3.05, 3.63) is 94.0 Å². The van der Waals surface area contributed by atoms with Gasteiger partial charge in [0, 0.05) is 13.1 Å². The molecule has 0 aliphatic carbocycles. The van der Waals surface area contributed by atoms with E-state index in [9.17, 15) is 18.0 Å². The molecule has 1 aliphatic rings. The number of hydrogen-bond acceptors (Lipinski definition) is 5. The Labute approximate surface area is 203 Å². The van der Waals surface area contributed by atoms with Crippen LogP contribution in [-0.2, 0) is 32.5 Å². The lowest BCUT2D eigenvalue weighted by atomic mass is 10.1. The van der Waals surface area contributed by atoms with Gasteiger partial charge in [0.1, 0.15) is 4.90 Å². The van der Waals surface area contributed by atoms with E-state index in [1.807, 2.05) is 43.3 Å². The van der Waals surface area contributed by atoms with Gasteiger partial charge in [-0.2, -0.15) is 0 Å². The Balaban J connectivity index is 1.43. The smallest absolute Gasteiger partial charge is 0.338 e. The number of nitrogens with zero attached hydrogens (tertiary/aromatic N) is 1. The Kier molecular flexibility index (Phi) is 6.90. The molecule has 0 bridgehead atoms. The average Bonchev–Trinajstić information content (AvgIpc) is 3.27. The van der Waals surface area contributed by atoms with Gasteiger partial charge in [0.25, 0.3) is 15.9 Å². The van der Waals surface area contributed by atoms with Gasteiger partial charge >= 0.3 is 5.97 Å². The summed E-state index contributed by atoms with van der Waals surface area (Å²) in [6.07, 6.45) is 0.590. The van der Waals surface area contributed by atoms with Crippen molar-refractivity contribution >= 4 is 39.2 Å². The lowest BCUT2D eigenvalue weighted by Gasteiger charge is -2.20. The van der Waals surface area contributed by atoms with Gasteiger partial charge in [-0.1, -0.05) is 59.6 Å².